The molecule has 0 N–H and O–H groups in total. The smallest absolute Gasteiger partial charge is 0.141 e. The van der Waals surface area contributed by atoms with Gasteiger partial charge in [-0.15, -0.1) is 0 Å². The normalized spacial score (nSPS) is 23.3. The number of Topliss-reactive ketones (excluding diaryl/α,β-unsaturated/α-hetero) is 1. The molecule has 0 spiro atoms. The lowest BCUT2D eigenvalue weighted by atomic mass is 9.75. The summed E-state index contributed by atoms with van der Waals surface area (Å²) in [5.41, 5.74) is 1.97. The van der Waals surface area contributed by atoms with E-state index in [0.29, 0.717) is 12.2 Å². The van der Waals surface area contributed by atoms with Crippen molar-refractivity contribution in [3.63, 3.8) is 0 Å². The van der Waals surface area contributed by atoms with Gasteiger partial charge in [0.05, 0.1) is 15.9 Å². The Morgan fingerprint density at radius 1 is 1.35 bits per heavy atom. The fourth-order valence-electron chi connectivity index (χ4n) is 3.29. The van der Waals surface area contributed by atoms with Crippen LogP contribution in [0.1, 0.15) is 50.9 Å². The van der Waals surface area contributed by atoms with Gasteiger partial charge in [-0.2, -0.15) is 5.10 Å². The number of carbonyl (C=O) groups is 1. The molecular formula is C16H25BrN2O. The second-order valence-corrected chi connectivity index (χ2v) is 7.26. The lowest BCUT2D eigenvalue weighted by molar-refractivity contribution is -0.123. The Labute approximate surface area is 130 Å². The van der Waals surface area contributed by atoms with E-state index < -0.39 is 0 Å². The van der Waals surface area contributed by atoms with E-state index in [1.165, 1.54) is 12.8 Å². The average Bonchev–Trinajstić information content (AvgIpc) is 2.65. The van der Waals surface area contributed by atoms with Crippen LogP contribution in [0.5, 0.6) is 0 Å². The Hall–Kier alpha value is -0.640. The van der Waals surface area contributed by atoms with Crippen LogP contribution >= 0.6 is 15.9 Å². The number of carbonyl (C=O) groups excluding carboxylic acids is 1. The SMILES string of the molecule is Cc1nn(C)c(CC(=O)C2CCC(C(C)C)CC2)c1Br. The highest BCUT2D eigenvalue weighted by molar-refractivity contribution is 9.10. The molecule has 112 valence electrons. The highest BCUT2D eigenvalue weighted by Crippen LogP contribution is 2.34. The lowest BCUT2D eigenvalue weighted by Crippen LogP contribution is -2.25. The van der Waals surface area contributed by atoms with E-state index in [9.17, 15) is 4.79 Å². The second-order valence-electron chi connectivity index (χ2n) is 6.47. The number of aromatic nitrogens is 2. The largest absolute Gasteiger partial charge is 0.299 e. The number of nitrogens with zero attached hydrogens (tertiary/aromatic N) is 2. The van der Waals surface area contributed by atoms with Crippen molar-refractivity contribution in [2.75, 3.05) is 0 Å². The molecule has 1 aliphatic rings. The van der Waals surface area contributed by atoms with Gasteiger partial charge in [0, 0.05) is 19.4 Å². The summed E-state index contributed by atoms with van der Waals surface area (Å²) in [4.78, 5) is 12.5. The first-order valence-electron chi connectivity index (χ1n) is 7.60. The monoisotopic (exact) mass is 340 g/mol. The van der Waals surface area contributed by atoms with Gasteiger partial charge < -0.3 is 0 Å². The van der Waals surface area contributed by atoms with Crippen molar-refractivity contribution >= 4 is 21.7 Å². The molecule has 0 bridgehead atoms. The minimum absolute atomic E-state index is 0.257. The fraction of sp³-hybridized carbons (Fsp3) is 0.750. The van der Waals surface area contributed by atoms with Crippen LogP contribution in [0, 0.1) is 24.7 Å². The first-order valence-corrected chi connectivity index (χ1v) is 8.40. The first kappa shape index (κ1) is 15.7. The molecule has 0 aromatic carbocycles. The van der Waals surface area contributed by atoms with Crippen molar-refractivity contribution in [3.05, 3.63) is 15.9 Å². The minimum Gasteiger partial charge on any atom is -0.299 e. The molecule has 1 aromatic rings. The highest BCUT2D eigenvalue weighted by atomic mass is 79.9. The predicted octanol–water partition coefficient (Wildman–Crippen LogP) is 4.07. The molecule has 0 saturated heterocycles. The average molecular weight is 341 g/mol. The molecule has 0 unspecified atom stereocenters. The number of hydrogen-bond donors (Lipinski definition) is 0. The maximum Gasteiger partial charge on any atom is 0.141 e. The van der Waals surface area contributed by atoms with Gasteiger partial charge in [0.25, 0.3) is 0 Å². The molecule has 1 aliphatic carbocycles. The number of hydrogen-bond acceptors (Lipinski definition) is 2. The quantitative estimate of drug-likeness (QED) is 0.828. The van der Waals surface area contributed by atoms with Gasteiger partial charge in [-0.25, -0.2) is 0 Å². The van der Waals surface area contributed by atoms with Crippen molar-refractivity contribution in [2.24, 2.45) is 24.8 Å². The number of rotatable bonds is 4. The molecule has 1 fully saturated rings. The van der Waals surface area contributed by atoms with Gasteiger partial charge in [-0.1, -0.05) is 13.8 Å². The Kier molecular flexibility index (Phi) is 5.05. The molecule has 1 aromatic heterocycles. The third kappa shape index (κ3) is 3.33. The molecule has 1 saturated carbocycles. The van der Waals surface area contributed by atoms with Crippen molar-refractivity contribution in [3.8, 4) is 0 Å². The number of aryl methyl sites for hydroxylation is 2. The van der Waals surface area contributed by atoms with E-state index in [2.05, 4.69) is 34.9 Å². The Balaban J connectivity index is 1.96. The van der Waals surface area contributed by atoms with Crippen molar-refractivity contribution in [2.45, 2.75) is 52.9 Å². The van der Waals surface area contributed by atoms with Crippen molar-refractivity contribution in [1.29, 1.82) is 0 Å². The topological polar surface area (TPSA) is 34.9 Å². The van der Waals surface area contributed by atoms with Crippen molar-refractivity contribution in [1.82, 2.24) is 9.78 Å². The zero-order valence-corrected chi connectivity index (χ0v) is 14.5. The van der Waals surface area contributed by atoms with Gasteiger partial charge in [0.15, 0.2) is 0 Å². The molecule has 0 radical (unpaired) electrons. The maximum atomic E-state index is 12.5. The summed E-state index contributed by atoms with van der Waals surface area (Å²) in [7, 11) is 1.91. The van der Waals surface area contributed by atoms with E-state index in [1.54, 1.807) is 0 Å². The van der Waals surface area contributed by atoms with Gasteiger partial charge in [0.1, 0.15) is 5.78 Å². The number of halogens is 1. The van der Waals surface area contributed by atoms with E-state index in [1.807, 2.05) is 18.7 Å². The van der Waals surface area contributed by atoms with Crippen LogP contribution < -0.4 is 0 Å². The zero-order chi connectivity index (χ0) is 14.9. The number of ketones is 1. The molecule has 0 aliphatic heterocycles. The molecule has 20 heavy (non-hydrogen) atoms. The Morgan fingerprint density at radius 2 is 1.95 bits per heavy atom. The predicted molar refractivity (Wildman–Crippen MR) is 84.6 cm³/mol. The molecular weight excluding hydrogens is 316 g/mol. The maximum absolute atomic E-state index is 12.5. The van der Waals surface area contributed by atoms with Gasteiger partial charge in [-0.3, -0.25) is 9.48 Å². The van der Waals surface area contributed by atoms with Crippen molar-refractivity contribution < 1.29 is 4.79 Å². The van der Waals surface area contributed by atoms with Gasteiger partial charge in [0.2, 0.25) is 0 Å². The molecule has 3 nitrogen and oxygen atoms in total. The summed E-state index contributed by atoms with van der Waals surface area (Å²) in [5, 5.41) is 4.36. The molecule has 0 atom stereocenters. The van der Waals surface area contributed by atoms with E-state index in [0.717, 1.165) is 40.5 Å². The van der Waals surface area contributed by atoms with Crippen LogP contribution in [0.25, 0.3) is 0 Å². The van der Waals surface area contributed by atoms with Crippen LogP contribution in [0.4, 0.5) is 0 Å². The van der Waals surface area contributed by atoms with Crippen LogP contribution in [-0.2, 0) is 18.3 Å². The summed E-state index contributed by atoms with van der Waals surface area (Å²) in [5.74, 6) is 2.20. The zero-order valence-electron chi connectivity index (χ0n) is 12.9. The Bertz CT molecular complexity index is 485. The fourth-order valence-corrected chi connectivity index (χ4v) is 3.77. The molecule has 4 heteroatoms. The molecule has 2 rings (SSSR count). The molecule has 1 heterocycles. The van der Waals surface area contributed by atoms with Crippen LogP contribution in [0.2, 0.25) is 0 Å². The summed E-state index contributed by atoms with van der Waals surface area (Å²) in [6.07, 6.45) is 5.06. The van der Waals surface area contributed by atoms with E-state index >= 15 is 0 Å². The summed E-state index contributed by atoms with van der Waals surface area (Å²) in [6, 6.07) is 0. The van der Waals surface area contributed by atoms with E-state index in [-0.39, 0.29) is 5.92 Å². The standard InChI is InChI=1S/C16H25BrN2O/c1-10(2)12-5-7-13(8-6-12)15(20)9-14-16(17)11(3)18-19(14)4/h10,12-13H,5-9H2,1-4H3. The Morgan fingerprint density at radius 3 is 2.40 bits per heavy atom. The first-order chi connectivity index (χ1) is 9.40. The third-order valence-electron chi connectivity index (χ3n) is 4.77. The van der Waals surface area contributed by atoms with Crippen LogP contribution in [0.15, 0.2) is 4.47 Å². The third-order valence-corrected chi connectivity index (χ3v) is 5.80. The summed E-state index contributed by atoms with van der Waals surface area (Å²) >= 11 is 3.55. The second kappa shape index (κ2) is 6.42. The highest BCUT2D eigenvalue weighted by Gasteiger charge is 2.28. The van der Waals surface area contributed by atoms with Gasteiger partial charge in [-0.05, 0) is 60.4 Å². The summed E-state index contributed by atoms with van der Waals surface area (Å²) in [6.45, 7) is 6.55. The van der Waals surface area contributed by atoms with Gasteiger partial charge >= 0.3 is 0 Å². The van der Waals surface area contributed by atoms with E-state index in [4.69, 9.17) is 0 Å². The minimum atomic E-state index is 0.257. The lowest BCUT2D eigenvalue weighted by Gasteiger charge is -2.30. The van der Waals surface area contributed by atoms with Crippen LogP contribution in [-0.4, -0.2) is 15.6 Å². The summed E-state index contributed by atoms with van der Waals surface area (Å²) < 4.78 is 2.82. The van der Waals surface area contributed by atoms with Crippen LogP contribution in [0.3, 0.4) is 0 Å². The molecule has 0 amide bonds.